The highest BCUT2D eigenvalue weighted by Crippen LogP contribution is 2.40. The molecule has 1 aromatic rings. The predicted molar refractivity (Wildman–Crippen MR) is 64.8 cm³/mol. The molecule has 3 heteroatoms. The first kappa shape index (κ1) is 10.1. The third-order valence-corrected chi connectivity index (χ3v) is 3.72. The van der Waals surface area contributed by atoms with Crippen LogP contribution in [0.25, 0.3) is 0 Å². The highest BCUT2D eigenvalue weighted by molar-refractivity contribution is 5.58. The molecule has 3 rings (SSSR count). The minimum Gasteiger partial charge on any atom is -0.374 e. The average Bonchev–Trinajstić information content (AvgIpc) is 2.36. The summed E-state index contributed by atoms with van der Waals surface area (Å²) in [5.74, 6) is 0. The topological polar surface area (TPSA) is 24.5 Å². The van der Waals surface area contributed by atoms with E-state index in [4.69, 9.17) is 4.74 Å². The number of nitrogens with zero attached hydrogens (tertiary/aromatic N) is 1. The molecule has 1 saturated heterocycles. The summed E-state index contributed by atoms with van der Waals surface area (Å²) >= 11 is 0. The van der Waals surface area contributed by atoms with Crippen molar-refractivity contribution in [3.8, 4) is 0 Å². The first-order valence-corrected chi connectivity index (χ1v) is 5.97. The molecule has 2 heterocycles. The van der Waals surface area contributed by atoms with Gasteiger partial charge in [0.15, 0.2) is 0 Å². The maximum absolute atomic E-state index is 6.09. The van der Waals surface area contributed by atoms with Gasteiger partial charge in [0, 0.05) is 37.9 Å². The van der Waals surface area contributed by atoms with Gasteiger partial charge in [-0.2, -0.15) is 0 Å². The molecule has 2 aliphatic rings. The zero-order chi connectivity index (χ0) is 11.0. The van der Waals surface area contributed by atoms with Crippen LogP contribution in [-0.2, 0) is 10.3 Å². The van der Waals surface area contributed by atoms with Crippen molar-refractivity contribution >= 4 is 5.69 Å². The van der Waals surface area contributed by atoms with Gasteiger partial charge in [0.1, 0.15) is 5.60 Å². The number of morpholine rings is 1. The lowest BCUT2D eigenvalue weighted by Crippen LogP contribution is -2.51. The molecule has 1 aromatic carbocycles. The molecule has 16 heavy (non-hydrogen) atoms. The maximum Gasteiger partial charge on any atom is 0.109 e. The van der Waals surface area contributed by atoms with Gasteiger partial charge in [0.25, 0.3) is 0 Å². The minimum absolute atomic E-state index is 0.0820. The fourth-order valence-electron chi connectivity index (χ4n) is 2.79. The Hall–Kier alpha value is -1.06. The molecule has 0 amide bonds. The van der Waals surface area contributed by atoms with E-state index in [0.717, 1.165) is 32.7 Å². The van der Waals surface area contributed by atoms with Crippen molar-refractivity contribution in [2.75, 3.05) is 38.2 Å². The van der Waals surface area contributed by atoms with Gasteiger partial charge in [-0.25, -0.2) is 0 Å². The van der Waals surface area contributed by atoms with Gasteiger partial charge in [-0.15, -0.1) is 0 Å². The summed E-state index contributed by atoms with van der Waals surface area (Å²) < 4.78 is 6.09. The second-order valence-corrected chi connectivity index (χ2v) is 4.71. The quantitative estimate of drug-likeness (QED) is 0.711. The highest BCUT2D eigenvalue weighted by Gasteiger charge is 2.40. The monoisotopic (exact) mass is 218 g/mol. The van der Waals surface area contributed by atoms with Gasteiger partial charge in [0.2, 0.25) is 0 Å². The Morgan fingerprint density at radius 1 is 1.38 bits per heavy atom. The van der Waals surface area contributed by atoms with Gasteiger partial charge in [0.05, 0.1) is 6.61 Å². The molecule has 1 unspecified atom stereocenters. The Labute approximate surface area is 96.4 Å². The van der Waals surface area contributed by atoms with Crippen LogP contribution in [0.4, 0.5) is 5.69 Å². The summed E-state index contributed by atoms with van der Waals surface area (Å²) in [4.78, 5) is 2.32. The second kappa shape index (κ2) is 3.75. The Kier molecular flexibility index (Phi) is 2.37. The number of anilines is 1. The summed E-state index contributed by atoms with van der Waals surface area (Å²) in [6.07, 6.45) is 1.08. The fourth-order valence-corrected chi connectivity index (χ4v) is 2.79. The largest absolute Gasteiger partial charge is 0.374 e. The maximum atomic E-state index is 6.09. The van der Waals surface area contributed by atoms with Crippen LogP contribution in [0.15, 0.2) is 24.3 Å². The molecule has 1 spiro atoms. The van der Waals surface area contributed by atoms with Crippen molar-refractivity contribution in [3.63, 3.8) is 0 Å². The standard InChI is InChI=1S/C13H18N2O/c1-15-8-6-13(10-14-7-9-16-13)11-4-2-3-5-12(11)15/h2-5,14H,6-10H2,1H3. The fraction of sp³-hybridized carbons (Fsp3) is 0.538. The zero-order valence-electron chi connectivity index (χ0n) is 9.70. The van der Waals surface area contributed by atoms with E-state index in [9.17, 15) is 0 Å². The van der Waals surface area contributed by atoms with E-state index in [2.05, 4.69) is 41.5 Å². The highest BCUT2D eigenvalue weighted by atomic mass is 16.5. The van der Waals surface area contributed by atoms with Crippen molar-refractivity contribution in [2.45, 2.75) is 12.0 Å². The number of fused-ring (bicyclic) bond motifs is 2. The lowest BCUT2D eigenvalue weighted by molar-refractivity contribution is -0.0775. The van der Waals surface area contributed by atoms with E-state index < -0.39 is 0 Å². The molecule has 1 N–H and O–H groups in total. The number of rotatable bonds is 0. The van der Waals surface area contributed by atoms with Crippen LogP contribution in [-0.4, -0.2) is 33.3 Å². The van der Waals surface area contributed by atoms with Gasteiger partial charge in [-0.1, -0.05) is 18.2 Å². The van der Waals surface area contributed by atoms with E-state index in [1.54, 1.807) is 0 Å². The van der Waals surface area contributed by atoms with Gasteiger partial charge in [-0.05, 0) is 12.5 Å². The summed E-state index contributed by atoms with van der Waals surface area (Å²) in [6, 6.07) is 8.61. The number of hydrogen-bond acceptors (Lipinski definition) is 3. The SMILES string of the molecule is CN1CCC2(CNCCO2)c2ccccc21. The summed E-state index contributed by atoms with van der Waals surface area (Å²) in [5, 5.41) is 3.46. The van der Waals surface area contributed by atoms with E-state index in [0.29, 0.717) is 0 Å². The van der Waals surface area contributed by atoms with Crippen LogP contribution in [0.5, 0.6) is 0 Å². The van der Waals surface area contributed by atoms with E-state index in [1.807, 2.05) is 0 Å². The number of hydrogen-bond donors (Lipinski definition) is 1. The van der Waals surface area contributed by atoms with E-state index in [1.165, 1.54) is 11.3 Å². The normalized spacial score (nSPS) is 29.2. The summed E-state index contributed by atoms with van der Waals surface area (Å²) in [5.41, 5.74) is 2.58. The van der Waals surface area contributed by atoms with Crippen LogP contribution in [0.3, 0.4) is 0 Å². The van der Waals surface area contributed by atoms with Crippen molar-refractivity contribution in [3.05, 3.63) is 29.8 Å². The van der Waals surface area contributed by atoms with Crippen LogP contribution >= 0.6 is 0 Å². The first-order valence-electron chi connectivity index (χ1n) is 5.97. The molecule has 0 aromatic heterocycles. The number of benzene rings is 1. The van der Waals surface area contributed by atoms with Crippen LogP contribution in [0.2, 0.25) is 0 Å². The van der Waals surface area contributed by atoms with Gasteiger partial charge < -0.3 is 15.0 Å². The lowest BCUT2D eigenvalue weighted by atomic mass is 9.84. The van der Waals surface area contributed by atoms with Gasteiger partial charge >= 0.3 is 0 Å². The molecule has 1 atom stereocenters. The zero-order valence-corrected chi connectivity index (χ0v) is 9.70. The third kappa shape index (κ3) is 1.43. The van der Waals surface area contributed by atoms with E-state index >= 15 is 0 Å². The smallest absolute Gasteiger partial charge is 0.109 e. The van der Waals surface area contributed by atoms with E-state index in [-0.39, 0.29) is 5.60 Å². The average molecular weight is 218 g/mol. The molecule has 86 valence electrons. The number of para-hydroxylation sites is 1. The molecular formula is C13H18N2O. The van der Waals surface area contributed by atoms with Crippen LogP contribution in [0.1, 0.15) is 12.0 Å². The third-order valence-electron chi connectivity index (χ3n) is 3.72. The Balaban J connectivity index is 2.06. The van der Waals surface area contributed by atoms with Gasteiger partial charge in [-0.3, -0.25) is 0 Å². The predicted octanol–water partition coefficient (Wildman–Crippen LogP) is 1.34. The number of nitrogens with one attached hydrogen (secondary N) is 1. The first-order chi connectivity index (χ1) is 7.82. The minimum atomic E-state index is -0.0820. The summed E-state index contributed by atoms with van der Waals surface area (Å²) in [7, 11) is 2.15. The number of ether oxygens (including phenoxy) is 1. The van der Waals surface area contributed by atoms with Crippen molar-refractivity contribution in [2.24, 2.45) is 0 Å². The van der Waals surface area contributed by atoms with Crippen molar-refractivity contribution in [1.82, 2.24) is 5.32 Å². The molecular weight excluding hydrogens is 200 g/mol. The molecule has 0 bridgehead atoms. The second-order valence-electron chi connectivity index (χ2n) is 4.71. The molecule has 0 saturated carbocycles. The molecule has 1 fully saturated rings. The molecule has 0 radical (unpaired) electrons. The lowest BCUT2D eigenvalue weighted by Gasteiger charge is -2.45. The summed E-state index contributed by atoms with van der Waals surface area (Å²) in [6.45, 7) is 3.80. The molecule has 3 nitrogen and oxygen atoms in total. The molecule has 0 aliphatic carbocycles. The van der Waals surface area contributed by atoms with Crippen LogP contribution in [0, 0.1) is 0 Å². The van der Waals surface area contributed by atoms with Crippen LogP contribution < -0.4 is 10.2 Å². The van der Waals surface area contributed by atoms with Crippen molar-refractivity contribution < 1.29 is 4.74 Å². The molecule has 2 aliphatic heterocycles. The van der Waals surface area contributed by atoms with Crippen molar-refractivity contribution in [1.29, 1.82) is 0 Å². The Morgan fingerprint density at radius 3 is 3.06 bits per heavy atom. The Bertz CT molecular complexity index is 385. The Morgan fingerprint density at radius 2 is 2.25 bits per heavy atom.